The van der Waals surface area contributed by atoms with E-state index >= 15 is 0 Å². The van der Waals surface area contributed by atoms with Crippen molar-refractivity contribution in [1.82, 2.24) is 9.55 Å². The molecule has 0 unspecified atom stereocenters. The Labute approximate surface area is 86.0 Å². The highest BCUT2D eigenvalue weighted by atomic mass is 32.1. The molecule has 3 nitrogen and oxygen atoms in total. The second-order valence-electron chi connectivity index (χ2n) is 2.95. The fraction of sp³-hybridized carbons (Fsp3) is 0.200. The van der Waals surface area contributed by atoms with Crippen molar-refractivity contribution in [3.63, 3.8) is 0 Å². The van der Waals surface area contributed by atoms with E-state index in [-0.39, 0.29) is 0 Å². The smallest absolute Gasteiger partial charge is 0.125 e. The summed E-state index contributed by atoms with van der Waals surface area (Å²) < 4.78 is 2.06. The minimum Gasteiger partial charge on any atom is -0.347 e. The van der Waals surface area contributed by atoms with Crippen LogP contribution >= 0.6 is 11.3 Å². The first-order chi connectivity index (χ1) is 6.88. The van der Waals surface area contributed by atoms with Crippen LogP contribution < -0.4 is 0 Å². The minimum atomic E-state index is 0.476. The van der Waals surface area contributed by atoms with Crippen molar-refractivity contribution < 1.29 is 4.79 Å². The second-order valence-corrected chi connectivity index (χ2v) is 4.15. The van der Waals surface area contributed by atoms with E-state index < -0.39 is 0 Å². The lowest BCUT2D eigenvalue weighted by molar-refractivity contribution is -0.107. The Morgan fingerprint density at radius 1 is 1.43 bits per heavy atom. The summed E-state index contributed by atoms with van der Waals surface area (Å²) in [6.45, 7) is 0.788. The van der Waals surface area contributed by atoms with E-state index in [1.54, 1.807) is 17.5 Å². The van der Waals surface area contributed by atoms with E-state index in [0.717, 1.165) is 22.7 Å². The van der Waals surface area contributed by atoms with Crippen molar-refractivity contribution >= 4 is 17.6 Å². The van der Waals surface area contributed by atoms with Crippen LogP contribution in [0.5, 0.6) is 0 Å². The van der Waals surface area contributed by atoms with Crippen LogP contribution in [0.15, 0.2) is 30.7 Å². The molecule has 0 saturated carbocycles. The van der Waals surface area contributed by atoms with Gasteiger partial charge in [-0.1, -0.05) is 0 Å². The molecule has 0 aromatic carbocycles. The Kier molecular flexibility index (Phi) is 2.74. The SMILES string of the molecule is O=CCc1cnc(Cn2cccc2)s1. The highest BCUT2D eigenvalue weighted by Crippen LogP contribution is 2.14. The topological polar surface area (TPSA) is 34.9 Å². The Morgan fingerprint density at radius 3 is 2.93 bits per heavy atom. The number of rotatable bonds is 4. The number of hydrogen-bond donors (Lipinski definition) is 0. The summed E-state index contributed by atoms with van der Waals surface area (Å²) in [5.74, 6) is 0. The first-order valence-electron chi connectivity index (χ1n) is 4.36. The molecule has 2 aromatic rings. The number of carbonyl (C=O) groups excluding carboxylic acids is 1. The Bertz CT molecular complexity index is 405. The molecule has 0 saturated heterocycles. The van der Waals surface area contributed by atoms with Gasteiger partial charge in [0.25, 0.3) is 0 Å². The van der Waals surface area contributed by atoms with Crippen LogP contribution in [0.25, 0.3) is 0 Å². The fourth-order valence-corrected chi connectivity index (χ4v) is 2.11. The van der Waals surface area contributed by atoms with Crippen LogP contribution in [0.1, 0.15) is 9.88 Å². The van der Waals surface area contributed by atoms with Gasteiger partial charge in [-0.3, -0.25) is 0 Å². The van der Waals surface area contributed by atoms with Crippen LogP contribution in [0.3, 0.4) is 0 Å². The van der Waals surface area contributed by atoms with Gasteiger partial charge >= 0.3 is 0 Å². The number of thiazole rings is 1. The Morgan fingerprint density at radius 2 is 2.21 bits per heavy atom. The molecule has 0 N–H and O–H groups in total. The maximum absolute atomic E-state index is 10.3. The second kappa shape index (κ2) is 4.19. The van der Waals surface area contributed by atoms with Crippen LogP contribution in [-0.2, 0) is 17.8 Å². The first kappa shape index (κ1) is 9.15. The van der Waals surface area contributed by atoms with Gasteiger partial charge in [-0.2, -0.15) is 0 Å². The molecule has 0 aliphatic carbocycles. The molecule has 0 aliphatic rings. The standard InChI is InChI=1S/C10H10N2OS/c13-6-3-9-7-11-10(14-9)8-12-4-1-2-5-12/h1-2,4-7H,3,8H2. The van der Waals surface area contributed by atoms with Gasteiger partial charge < -0.3 is 9.36 Å². The molecule has 72 valence electrons. The van der Waals surface area contributed by atoms with Crippen molar-refractivity contribution in [2.75, 3.05) is 0 Å². The van der Waals surface area contributed by atoms with Crippen LogP contribution in [-0.4, -0.2) is 15.8 Å². The quantitative estimate of drug-likeness (QED) is 0.714. The van der Waals surface area contributed by atoms with Crippen LogP contribution in [0, 0.1) is 0 Å². The van der Waals surface area contributed by atoms with Gasteiger partial charge in [0.1, 0.15) is 11.3 Å². The summed E-state index contributed by atoms with van der Waals surface area (Å²) >= 11 is 1.59. The summed E-state index contributed by atoms with van der Waals surface area (Å²) in [5, 5.41) is 1.04. The minimum absolute atomic E-state index is 0.476. The van der Waals surface area contributed by atoms with Gasteiger partial charge in [0.15, 0.2) is 0 Å². The molecule has 0 amide bonds. The lowest BCUT2D eigenvalue weighted by Gasteiger charge is -1.96. The number of aldehydes is 1. The summed E-state index contributed by atoms with van der Waals surface area (Å²) in [5.41, 5.74) is 0. The van der Waals surface area contributed by atoms with Crippen molar-refractivity contribution in [2.24, 2.45) is 0 Å². The normalized spacial score (nSPS) is 10.3. The maximum Gasteiger partial charge on any atom is 0.125 e. The van der Waals surface area contributed by atoms with Crippen molar-refractivity contribution in [3.05, 3.63) is 40.6 Å². The Hall–Kier alpha value is -1.42. The monoisotopic (exact) mass is 206 g/mol. The molecule has 2 heterocycles. The summed E-state index contributed by atoms with van der Waals surface area (Å²) in [4.78, 5) is 15.6. The zero-order valence-corrected chi connectivity index (χ0v) is 8.41. The molecule has 0 aliphatic heterocycles. The van der Waals surface area contributed by atoms with E-state index in [1.165, 1.54) is 0 Å². The third kappa shape index (κ3) is 2.09. The van der Waals surface area contributed by atoms with E-state index in [0.29, 0.717) is 6.42 Å². The highest BCUT2D eigenvalue weighted by molar-refractivity contribution is 7.11. The lowest BCUT2D eigenvalue weighted by Crippen LogP contribution is -1.94. The average Bonchev–Trinajstić information content (AvgIpc) is 2.79. The number of nitrogens with zero attached hydrogens (tertiary/aromatic N) is 2. The van der Waals surface area contributed by atoms with E-state index in [4.69, 9.17) is 0 Å². The molecule has 14 heavy (non-hydrogen) atoms. The Balaban J connectivity index is 2.06. The summed E-state index contributed by atoms with van der Waals surface area (Å²) in [7, 11) is 0. The first-order valence-corrected chi connectivity index (χ1v) is 5.18. The average molecular weight is 206 g/mol. The van der Waals surface area contributed by atoms with Gasteiger partial charge in [0.2, 0.25) is 0 Å². The molecular weight excluding hydrogens is 196 g/mol. The zero-order valence-electron chi connectivity index (χ0n) is 7.59. The van der Waals surface area contributed by atoms with Crippen molar-refractivity contribution in [2.45, 2.75) is 13.0 Å². The van der Waals surface area contributed by atoms with Gasteiger partial charge in [-0.25, -0.2) is 4.98 Å². The fourth-order valence-electron chi connectivity index (χ4n) is 1.23. The molecule has 4 heteroatoms. The molecule has 2 aromatic heterocycles. The van der Waals surface area contributed by atoms with Gasteiger partial charge in [0, 0.05) is 29.9 Å². The van der Waals surface area contributed by atoms with E-state index in [1.807, 2.05) is 24.5 Å². The van der Waals surface area contributed by atoms with Crippen LogP contribution in [0.4, 0.5) is 0 Å². The van der Waals surface area contributed by atoms with Crippen molar-refractivity contribution in [1.29, 1.82) is 0 Å². The zero-order chi connectivity index (χ0) is 9.80. The van der Waals surface area contributed by atoms with Gasteiger partial charge in [-0.05, 0) is 12.1 Å². The van der Waals surface area contributed by atoms with Gasteiger partial charge in [0.05, 0.1) is 6.54 Å². The van der Waals surface area contributed by atoms with Gasteiger partial charge in [-0.15, -0.1) is 11.3 Å². The van der Waals surface area contributed by atoms with E-state index in [2.05, 4.69) is 9.55 Å². The molecule has 0 bridgehead atoms. The third-order valence-electron chi connectivity index (χ3n) is 1.87. The number of hydrogen-bond acceptors (Lipinski definition) is 3. The molecule has 0 spiro atoms. The largest absolute Gasteiger partial charge is 0.347 e. The summed E-state index contributed by atoms with van der Waals surface area (Å²) in [6.07, 6.45) is 7.16. The highest BCUT2D eigenvalue weighted by Gasteiger charge is 2.01. The lowest BCUT2D eigenvalue weighted by atomic mass is 10.4. The predicted molar refractivity (Wildman–Crippen MR) is 55.4 cm³/mol. The molecule has 2 rings (SSSR count). The molecule has 0 fully saturated rings. The summed E-state index contributed by atoms with van der Waals surface area (Å²) in [6, 6.07) is 3.97. The van der Waals surface area contributed by atoms with Crippen molar-refractivity contribution in [3.8, 4) is 0 Å². The van der Waals surface area contributed by atoms with Crippen LogP contribution in [0.2, 0.25) is 0 Å². The molecule has 0 radical (unpaired) electrons. The number of carbonyl (C=O) groups is 1. The third-order valence-corrected chi connectivity index (χ3v) is 2.87. The molecule has 0 atom stereocenters. The maximum atomic E-state index is 10.3. The number of aromatic nitrogens is 2. The van der Waals surface area contributed by atoms with E-state index in [9.17, 15) is 4.79 Å². The predicted octanol–water partition coefficient (Wildman–Crippen LogP) is 1.73. The molecular formula is C10H10N2OS.